The first-order chi connectivity index (χ1) is 17.1. The fourth-order valence-corrected chi connectivity index (χ4v) is 5.71. The Morgan fingerprint density at radius 1 is 1.08 bits per heavy atom. The van der Waals surface area contributed by atoms with Gasteiger partial charge in [-0.1, -0.05) is 38.1 Å². The van der Waals surface area contributed by atoms with Crippen molar-refractivity contribution in [2.24, 2.45) is 11.8 Å². The zero-order valence-electron chi connectivity index (χ0n) is 20.3. The number of carbonyl (C=O) groups excluding carboxylic acids is 1. The van der Waals surface area contributed by atoms with Gasteiger partial charge in [0.1, 0.15) is 5.82 Å². The molecule has 4 rings (SSSR count). The monoisotopic (exact) mass is 518 g/mol. The maximum Gasteiger partial charge on any atom is 0.416 e. The smallest absolute Gasteiger partial charge is 0.338 e. The summed E-state index contributed by atoms with van der Waals surface area (Å²) in [5, 5.41) is 2.01. The van der Waals surface area contributed by atoms with Crippen molar-refractivity contribution in [3.63, 3.8) is 0 Å². The van der Waals surface area contributed by atoms with Gasteiger partial charge in [0.2, 0.25) is 0 Å². The standard InChI is InChI=1S/C28H30F4N2OS/c1-19(2)14-34(27(35)20-8-10-24(29)11-9-20)16-22-15-33(17-25-7-4-12-36-25)18-26(22)21-5-3-6-23(13-21)28(30,31)32/h3-13,19,22,26H,14-18H2,1-2H3/t22-,26-/m1/s1. The Bertz CT molecular complexity index is 1150. The minimum atomic E-state index is -4.41. The summed E-state index contributed by atoms with van der Waals surface area (Å²) in [4.78, 5) is 18.6. The summed E-state index contributed by atoms with van der Waals surface area (Å²) in [6.07, 6.45) is -4.41. The van der Waals surface area contributed by atoms with Crippen molar-refractivity contribution in [2.45, 2.75) is 32.5 Å². The van der Waals surface area contributed by atoms with Crippen LogP contribution in [0.4, 0.5) is 17.6 Å². The van der Waals surface area contributed by atoms with E-state index in [1.165, 1.54) is 41.3 Å². The van der Waals surface area contributed by atoms with Gasteiger partial charge in [0.25, 0.3) is 5.91 Å². The number of hydrogen-bond donors (Lipinski definition) is 0. The second-order valence-electron chi connectivity index (χ2n) is 9.87. The van der Waals surface area contributed by atoms with Gasteiger partial charge in [0.15, 0.2) is 0 Å². The molecule has 1 aromatic heterocycles. The van der Waals surface area contributed by atoms with Gasteiger partial charge in [-0.15, -0.1) is 11.3 Å². The second kappa shape index (κ2) is 11.1. The van der Waals surface area contributed by atoms with Gasteiger partial charge >= 0.3 is 6.18 Å². The van der Waals surface area contributed by atoms with Crippen LogP contribution in [0.5, 0.6) is 0 Å². The molecule has 192 valence electrons. The Balaban J connectivity index is 1.62. The number of alkyl halides is 3. The molecule has 8 heteroatoms. The number of rotatable bonds is 8. The molecule has 1 saturated heterocycles. The maximum atomic E-state index is 13.5. The van der Waals surface area contributed by atoms with Crippen LogP contribution in [-0.2, 0) is 12.7 Å². The zero-order valence-corrected chi connectivity index (χ0v) is 21.2. The number of carbonyl (C=O) groups is 1. The highest BCUT2D eigenvalue weighted by molar-refractivity contribution is 7.09. The second-order valence-corrected chi connectivity index (χ2v) is 10.9. The first kappa shape index (κ1) is 26.4. The molecule has 3 aromatic rings. The molecule has 2 heterocycles. The summed E-state index contributed by atoms with van der Waals surface area (Å²) in [6.45, 7) is 6.97. The Kier molecular flexibility index (Phi) is 8.15. The summed E-state index contributed by atoms with van der Waals surface area (Å²) in [7, 11) is 0. The SMILES string of the molecule is CC(C)CN(C[C@H]1CN(Cc2cccs2)C[C@@H]1c1cccc(C(F)(F)F)c1)C(=O)c1ccc(F)cc1. The summed E-state index contributed by atoms with van der Waals surface area (Å²) in [6, 6.07) is 15.1. The summed E-state index contributed by atoms with van der Waals surface area (Å²) in [5.74, 6) is -0.598. The highest BCUT2D eigenvalue weighted by atomic mass is 32.1. The van der Waals surface area contributed by atoms with Crippen LogP contribution in [0, 0.1) is 17.7 Å². The van der Waals surface area contributed by atoms with Crippen molar-refractivity contribution < 1.29 is 22.4 Å². The fourth-order valence-electron chi connectivity index (χ4n) is 4.96. The molecule has 0 saturated carbocycles. The molecular formula is C28H30F4N2OS. The number of benzene rings is 2. The highest BCUT2D eigenvalue weighted by Gasteiger charge is 2.38. The van der Waals surface area contributed by atoms with Gasteiger partial charge in [-0.05, 0) is 59.2 Å². The Labute approximate surface area is 213 Å². The van der Waals surface area contributed by atoms with E-state index in [9.17, 15) is 22.4 Å². The van der Waals surface area contributed by atoms with Crippen LogP contribution in [0.1, 0.15) is 46.1 Å². The first-order valence-electron chi connectivity index (χ1n) is 12.1. The third-order valence-corrected chi connectivity index (χ3v) is 7.40. The van der Waals surface area contributed by atoms with Gasteiger partial charge in [-0.3, -0.25) is 9.69 Å². The van der Waals surface area contributed by atoms with Crippen LogP contribution in [0.2, 0.25) is 0 Å². The van der Waals surface area contributed by atoms with Gasteiger partial charge < -0.3 is 4.90 Å². The molecule has 0 bridgehead atoms. The molecular weight excluding hydrogens is 488 g/mol. The molecule has 1 fully saturated rings. The van der Waals surface area contributed by atoms with E-state index in [1.54, 1.807) is 22.3 Å². The van der Waals surface area contributed by atoms with Crippen LogP contribution in [0.15, 0.2) is 66.0 Å². The minimum absolute atomic E-state index is 0.0448. The van der Waals surface area contributed by atoms with Crippen LogP contribution < -0.4 is 0 Å². The average Bonchev–Trinajstić information content (AvgIpc) is 3.48. The van der Waals surface area contributed by atoms with Crippen molar-refractivity contribution in [3.8, 4) is 0 Å². The van der Waals surface area contributed by atoms with Crippen LogP contribution in [0.25, 0.3) is 0 Å². The number of halogens is 4. The molecule has 0 aliphatic carbocycles. The Morgan fingerprint density at radius 3 is 2.47 bits per heavy atom. The van der Waals surface area contributed by atoms with Gasteiger partial charge in [-0.2, -0.15) is 13.2 Å². The summed E-state index contributed by atoms with van der Waals surface area (Å²) in [5.41, 5.74) is 0.389. The predicted molar refractivity (Wildman–Crippen MR) is 134 cm³/mol. The molecule has 2 aromatic carbocycles. The highest BCUT2D eigenvalue weighted by Crippen LogP contribution is 2.38. The lowest BCUT2D eigenvalue weighted by atomic mass is 9.87. The number of thiophene rings is 1. The lowest BCUT2D eigenvalue weighted by molar-refractivity contribution is -0.137. The molecule has 0 radical (unpaired) electrons. The quantitative estimate of drug-likeness (QED) is 0.302. The minimum Gasteiger partial charge on any atom is -0.338 e. The first-order valence-corrected chi connectivity index (χ1v) is 12.9. The molecule has 1 aliphatic heterocycles. The van der Waals surface area contributed by atoms with E-state index in [4.69, 9.17) is 0 Å². The average molecular weight is 519 g/mol. The van der Waals surface area contributed by atoms with E-state index in [1.807, 2.05) is 25.3 Å². The number of nitrogens with zero attached hydrogens (tertiary/aromatic N) is 2. The summed E-state index contributed by atoms with van der Waals surface area (Å²) >= 11 is 1.65. The van der Waals surface area contributed by atoms with E-state index in [0.717, 1.165) is 12.6 Å². The van der Waals surface area contributed by atoms with E-state index in [-0.39, 0.29) is 23.7 Å². The fraction of sp³-hybridized carbons (Fsp3) is 0.393. The number of hydrogen-bond acceptors (Lipinski definition) is 3. The molecule has 1 aliphatic rings. The van der Waals surface area contributed by atoms with E-state index < -0.39 is 17.6 Å². The Hall–Kier alpha value is -2.71. The number of amides is 1. The topological polar surface area (TPSA) is 23.6 Å². The van der Waals surface area contributed by atoms with E-state index >= 15 is 0 Å². The van der Waals surface area contributed by atoms with Crippen molar-refractivity contribution in [1.29, 1.82) is 0 Å². The zero-order chi connectivity index (χ0) is 25.9. The van der Waals surface area contributed by atoms with Crippen LogP contribution in [-0.4, -0.2) is 41.9 Å². The molecule has 2 atom stereocenters. The molecule has 1 amide bonds. The van der Waals surface area contributed by atoms with Crippen molar-refractivity contribution in [1.82, 2.24) is 9.80 Å². The third-order valence-electron chi connectivity index (χ3n) is 6.54. The normalized spacial score (nSPS) is 18.6. The van der Waals surface area contributed by atoms with Crippen molar-refractivity contribution >= 4 is 17.2 Å². The van der Waals surface area contributed by atoms with Gasteiger partial charge in [0.05, 0.1) is 5.56 Å². The molecule has 0 spiro atoms. The number of likely N-dealkylation sites (tertiary alicyclic amines) is 1. The summed E-state index contributed by atoms with van der Waals surface area (Å²) < 4.78 is 53.8. The molecule has 36 heavy (non-hydrogen) atoms. The Morgan fingerprint density at radius 2 is 1.83 bits per heavy atom. The lowest BCUT2D eigenvalue weighted by Crippen LogP contribution is -2.39. The van der Waals surface area contributed by atoms with Crippen molar-refractivity contribution in [2.75, 3.05) is 26.2 Å². The van der Waals surface area contributed by atoms with Gasteiger partial charge in [-0.25, -0.2) is 4.39 Å². The lowest BCUT2D eigenvalue weighted by Gasteiger charge is -2.30. The van der Waals surface area contributed by atoms with Gasteiger partial charge in [0, 0.05) is 49.1 Å². The van der Waals surface area contributed by atoms with Crippen LogP contribution >= 0.6 is 11.3 Å². The molecule has 0 N–H and O–H groups in total. The third kappa shape index (κ3) is 6.53. The largest absolute Gasteiger partial charge is 0.416 e. The molecule has 3 nitrogen and oxygen atoms in total. The molecule has 0 unspecified atom stereocenters. The maximum absolute atomic E-state index is 13.5. The predicted octanol–water partition coefficient (Wildman–Crippen LogP) is 6.92. The van der Waals surface area contributed by atoms with E-state index in [2.05, 4.69) is 11.0 Å². The van der Waals surface area contributed by atoms with Crippen molar-refractivity contribution in [3.05, 3.63) is 93.4 Å². The van der Waals surface area contributed by atoms with E-state index in [0.29, 0.717) is 37.3 Å². The van der Waals surface area contributed by atoms with Crippen LogP contribution in [0.3, 0.4) is 0 Å².